The predicted octanol–water partition coefficient (Wildman–Crippen LogP) is 2.62. The molecule has 1 aliphatic heterocycles. The Morgan fingerprint density at radius 2 is 1.74 bits per heavy atom. The van der Waals surface area contributed by atoms with Gasteiger partial charge >= 0.3 is 0 Å². The third kappa shape index (κ3) is 1.89. The molecule has 0 amide bonds. The number of hydrogen-bond donors (Lipinski definition) is 0. The molecule has 1 radical (unpaired) electrons. The number of rotatable bonds is 1. The molecule has 23 heavy (non-hydrogen) atoms. The van der Waals surface area contributed by atoms with E-state index in [-0.39, 0.29) is 0 Å². The predicted molar refractivity (Wildman–Crippen MR) is 89.4 cm³/mol. The summed E-state index contributed by atoms with van der Waals surface area (Å²) in [6, 6.07) is 13.3. The second-order valence-electron chi connectivity index (χ2n) is 6.26. The zero-order chi connectivity index (χ0) is 15.2. The summed E-state index contributed by atoms with van der Waals surface area (Å²) < 4.78 is 0. The fourth-order valence-corrected chi connectivity index (χ4v) is 4.04. The maximum absolute atomic E-state index is 4.18. The molecular weight excluding hydrogens is 282 g/mol. The van der Waals surface area contributed by atoms with E-state index in [2.05, 4.69) is 58.2 Å². The van der Waals surface area contributed by atoms with E-state index in [1.54, 1.807) is 6.20 Å². The Balaban J connectivity index is 1.91. The van der Waals surface area contributed by atoms with Crippen molar-refractivity contribution in [1.29, 1.82) is 0 Å². The SMILES string of the molecule is C1=C(C2=c3ccc4c(c3CCC2)CC=c2ccccc2=4)N=N[N]1. The Bertz CT molecular complexity index is 1090. The molecule has 0 aromatic heterocycles. The molecule has 0 N–H and O–H groups in total. The van der Waals surface area contributed by atoms with Crippen LogP contribution in [0.4, 0.5) is 0 Å². The summed E-state index contributed by atoms with van der Waals surface area (Å²) in [5.74, 6) is 0. The van der Waals surface area contributed by atoms with Crippen LogP contribution >= 0.6 is 0 Å². The van der Waals surface area contributed by atoms with Crippen LogP contribution in [0.5, 0.6) is 0 Å². The van der Waals surface area contributed by atoms with Gasteiger partial charge in [-0.3, -0.25) is 0 Å². The quantitative estimate of drug-likeness (QED) is 0.776. The Kier molecular flexibility index (Phi) is 2.74. The van der Waals surface area contributed by atoms with Gasteiger partial charge in [-0.15, -0.1) is 10.5 Å². The average molecular weight is 298 g/mol. The summed E-state index contributed by atoms with van der Waals surface area (Å²) in [6.45, 7) is 0. The Labute approximate surface area is 134 Å². The molecule has 2 aromatic carbocycles. The van der Waals surface area contributed by atoms with E-state index in [4.69, 9.17) is 0 Å². The average Bonchev–Trinajstić information content (AvgIpc) is 3.15. The fourth-order valence-electron chi connectivity index (χ4n) is 4.04. The highest BCUT2D eigenvalue weighted by molar-refractivity contribution is 5.66. The Morgan fingerprint density at radius 1 is 0.826 bits per heavy atom. The van der Waals surface area contributed by atoms with E-state index >= 15 is 0 Å². The number of benzene rings is 2. The standard InChI is InChI=1S/C20H16N3/c1-2-5-14-13(4-1)8-9-17-15-6-3-7-19(20-12-21-23-22-20)18(15)11-10-16(14)17/h1-2,4-5,8,10-12H,3,6-7,9H2. The van der Waals surface area contributed by atoms with Crippen LogP contribution in [0.3, 0.4) is 0 Å². The van der Waals surface area contributed by atoms with E-state index in [1.165, 1.54) is 44.0 Å². The van der Waals surface area contributed by atoms with Gasteiger partial charge in [0, 0.05) is 0 Å². The molecule has 0 saturated carbocycles. The second-order valence-corrected chi connectivity index (χ2v) is 6.26. The van der Waals surface area contributed by atoms with Gasteiger partial charge in [0.2, 0.25) is 0 Å². The van der Waals surface area contributed by atoms with Gasteiger partial charge in [0.1, 0.15) is 5.70 Å². The molecule has 3 heteroatoms. The van der Waals surface area contributed by atoms with Crippen LogP contribution in [0.25, 0.3) is 11.6 Å². The van der Waals surface area contributed by atoms with E-state index in [1.807, 2.05) is 0 Å². The topological polar surface area (TPSA) is 38.8 Å². The van der Waals surface area contributed by atoms with Crippen molar-refractivity contribution in [3.63, 3.8) is 0 Å². The number of nitrogens with zero attached hydrogens (tertiary/aromatic N) is 3. The lowest BCUT2D eigenvalue weighted by Gasteiger charge is -2.20. The number of hydrogen-bond acceptors (Lipinski definition) is 2. The summed E-state index contributed by atoms with van der Waals surface area (Å²) in [5.41, 5.74) is 9.13. The molecule has 0 spiro atoms. The number of fused-ring (bicyclic) bond motifs is 4. The van der Waals surface area contributed by atoms with Crippen molar-refractivity contribution in [1.82, 2.24) is 5.43 Å². The van der Waals surface area contributed by atoms with Gasteiger partial charge in [-0.2, -0.15) is 0 Å². The van der Waals surface area contributed by atoms with Gasteiger partial charge in [0.25, 0.3) is 0 Å². The van der Waals surface area contributed by atoms with Crippen LogP contribution in [-0.4, -0.2) is 0 Å². The van der Waals surface area contributed by atoms with Crippen LogP contribution in [0.15, 0.2) is 58.6 Å². The van der Waals surface area contributed by atoms with Gasteiger partial charge in [0.05, 0.1) is 6.20 Å². The lowest BCUT2D eigenvalue weighted by molar-refractivity contribution is 0.806. The molecule has 2 aliphatic carbocycles. The van der Waals surface area contributed by atoms with E-state index in [0.29, 0.717) is 0 Å². The maximum atomic E-state index is 4.18. The van der Waals surface area contributed by atoms with E-state index in [9.17, 15) is 0 Å². The summed E-state index contributed by atoms with van der Waals surface area (Å²) in [7, 11) is 0. The van der Waals surface area contributed by atoms with Crippen molar-refractivity contribution in [3.8, 4) is 0 Å². The van der Waals surface area contributed by atoms with Crippen molar-refractivity contribution in [2.45, 2.75) is 25.7 Å². The molecule has 3 aliphatic rings. The Hall–Kier alpha value is -2.68. The molecular formula is C20H16N3. The lowest BCUT2D eigenvalue weighted by atomic mass is 9.85. The first-order chi connectivity index (χ1) is 11.4. The molecule has 0 atom stereocenters. The first-order valence-electron chi connectivity index (χ1n) is 8.17. The number of allylic oxidation sites excluding steroid dienone is 1. The lowest BCUT2D eigenvalue weighted by Crippen LogP contribution is -2.23. The zero-order valence-electron chi connectivity index (χ0n) is 12.8. The third-order valence-corrected chi connectivity index (χ3v) is 5.08. The van der Waals surface area contributed by atoms with Crippen molar-refractivity contribution >= 4 is 11.6 Å². The largest absolute Gasteiger partial charge is 0.136 e. The summed E-state index contributed by atoms with van der Waals surface area (Å²) in [6.07, 6.45) is 8.55. The van der Waals surface area contributed by atoms with Crippen molar-refractivity contribution in [2.24, 2.45) is 10.3 Å². The monoisotopic (exact) mass is 298 g/mol. The van der Waals surface area contributed by atoms with Gasteiger partial charge in [0.15, 0.2) is 0 Å². The van der Waals surface area contributed by atoms with Crippen LogP contribution in [0.1, 0.15) is 24.0 Å². The highest BCUT2D eigenvalue weighted by Gasteiger charge is 2.19. The molecule has 2 aromatic rings. The van der Waals surface area contributed by atoms with Crippen molar-refractivity contribution in [2.75, 3.05) is 0 Å². The summed E-state index contributed by atoms with van der Waals surface area (Å²) >= 11 is 0. The minimum absolute atomic E-state index is 0.936. The first kappa shape index (κ1) is 12.8. The van der Waals surface area contributed by atoms with Crippen LogP contribution in [-0.2, 0) is 12.8 Å². The minimum Gasteiger partial charge on any atom is -0.136 e. The van der Waals surface area contributed by atoms with Crippen LogP contribution in [0.2, 0.25) is 0 Å². The molecule has 0 fully saturated rings. The highest BCUT2D eigenvalue weighted by atomic mass is 15.4. The smallest absolute Gasteiger partial charge is 0.111 e. The molecule has 0 saturated heterocycles. The zero-order valence-corrected chi connectivity index (χ0v) is 12.8. The Morgan fingerprint density at radius 3 is 2.65 bits per heavy atom. The van der Waals surface area contributed by atoms with Gasteiger partial charge in [-0.05, 0) is 68.5 Å². The third-order valence-electron chi connectivity index (χ3n) is 5.08. The van der Waals surface area contributed by atoms with E-state index in [0.717, 1.165) is 25.0 Å². The first-order valence-corrected chi connectivity index (χ1v) is 8.17. The van der Waals surface area contributed by atoms with Crippen LogP contribution in [0, 0.1) is 10.4 Å². The summed E-state index contributed by atoms with van der Waals surface area (Å²) in [5, 5.41) is 13.4. The summed E-state index contributed by atoms with van der Waals surface area (Å²) in [4.78, 5) is 0. The molecule has 0 bridgehead atoms. The molecule has 3 nitrogen and oxygen atoms in total. The molecule has 5 rings (SSSR count). The van der Waals surface area contributed by atoms with Gasteiger partial charge in [-0.1, -0.05) is 42.5 Å². The second kappa shape index (κ2) is 4.92. The highest BCUT2D eigenvalue weighted by Crippen LogP contribution is 2.27. The fraction of sp³-hybridized carbons (Fsp3) is 0.200. The minimum atomic E-state index is 0.936. The molecule has 111 valence electrons. The van der Waals surface area contributed by atoms with Gasteiger partial charge < -0.3 is 0 Å². The van der Waals surface area contributed by atoms with E-state index < -0.39 is 0 Å². The molecule has 0 unspecified atom stereocenters. The van der Waals surface area contributed by atoms with Crippen molar-refractivity contribution in [3.05, 3.63) is 80.3 Å². The maximum Gasteiger partial charge on any atom is 0.111 e. The van der Waals surface area contributed by atoms with Crippen molar-refractivity contribution < 1.29 is 0 Å². The van der Waals surface area contributed by atoms with Crippen LogP contribution < -0.4 is 15.9 Å². The van der Waals surface area contributed by atoms with Gasteiger partial charge in [-0.25, -0.2) is 0 Å². The molecule has 1 heterocycles. The normalized spacial score (nSPS) is 17.6.